The Morgan fingerprint density at radius 2 is 1.94 bits per heavy atom. The molecule has 0 atom stereocenters. The van der Waals surface area contributed by atoms with Gasteiger partial charge in [-0.2, -0.15) is 0 Å². The molecule has 1 N–H and O–H groups in total. The lowest BCUT2D eigenvalue weighted by Crippen LogP contribution is -1.91. The van der Waals surface area contributed by atoms with Crippen molar-refractivity contribution in [1.29, 1.82) is 0 Å². The molecule has 3 nitrogen and oxygen atoms in total. The van der Waals surface area contributed by atoms with Gasteiger partial charge in [-0.15, -0.1) is 0 Å². The van der Waals surface area contributed by atoms with Gasteiger partial charge in [-0.25, -0.2) is 4.39 Å². The van der Waals surface area contributed by atoms with E-state index in [-0.39, 0.29) is 5.75 Å². The van der Waals surface area contributed by atoms with Gasteiger partial charge in [0.1, 0.15) is 5.82 Å². The third-order valence-electron chi connectivity index (χ3n) is 2.11. The van der Waals surface area contributed by atoms with Crippen LogP contribution in [-0.4, -0.2) is 10.1 Å². The summed E-state index contributed by atoms with van der Waals surface area (Å²) in [7, 11) is 0. The third-order valence-corrected chi connectivity index (χ3v) is 2.11. The smallest absolute Gasteiger partial charge is 0.220 e. The first-order valence-corrected chi connectivity index (χ1v) is 4.61. The van der Waals surface area contributed by atoms with Crippen molar-refractivity contribution in [3.05, 3.63) is 58.8 Å². The van der Waals surface area contributed by atoms with Crippen molar-refractivity contribution in [3.8, 4) is 16.9 Å². The lowest BCUT2D eigenvalue weighted by molar-refractivity contribution is 0.471. The number of nitrogens with zero attached hydrogens (tertiary/aromatic N) is 1. The Labute approximate surface area is 90.8 Å². The van der Waals surface area contributed by atoms with Crippen LogP contribution < -0.4 is 5.43 Å². The fourth-order valence-electron chi connectivity index (χ4n) is 1.34. The van der Waals surface area contributed by atoms with Crippen LogP contribution in [0.4, 0.5) is 4.39 Å². The monoisotopic (exact) mass is 217 g/mol. The minimum Gasteiger partial charge on any atom is -0.504 e. The minimum absolute atomic E-state index is 0.371. The molecule has 0 unspecified atom stereocenters. The Bertz CT molecular complexity index is 584. The van der Waals surface area contributed by atoms with Gasteiger partial charge in [-0.1, -0.05) is 12.1 Å². The van der Waals surface area contributed by atoms with Crippen LogP contribution in [0.5, 0.6) is 5.75 Å². The van der Waals surface area contributed by atoms with Gasteiger partial charge in [0.05, 0.1) is 6.20 Å². The summed E-state index contributed by atoms with van der Waals surface area (Å²) in [6.45, 7) is 0. The Morgan fingerprint density at radius 3 is 2.69 bits per heavy atom. The van der Waals surface area contributed by atoms with Crippen LogP contribution in [-0.2, 0) is 0 Å². The van der Waals surface area contributed by atoms with E-state index in [2.05, 4.69) is 4.98 Å². The molecule has 1 heterocycles. The highest BCUT2D eigenvalue weighted by molar-refractivity contribution is 5.63. The molecule has 0 saturated carbocycles. The van der Waals surface area contributed by atoms with Crippen molar-refractivity contribution in [2.24, 2.45) is 0 Å². The largest absolute Gasteiger partial charge is 0.504 e. The van der Waals surface area contributed by atoms with Crippen molar-refractivity contribution in [2.75, 3.05) is 0 Å². The molecule has 0 bridgehead atoms. The number of hydrogen-bond acceptors (Lipinski definition) is 3. The van der Waals surface area contributed by atoms with Gasteiger partial charge < -0.3 is 5.11 Å². The Balaban J connectivity index is 2.62. The summed E-state index contributed by atoms with van der Waals surface area (Å²) in [5.41, 5.74) is 0.563. The number of aromatic nitrogens is 1. The molecule has 0 fully saturated rings. The summed E-state index contributed by atoms with van der Waals surface area (Å²) in [4.78, 5) is 14.8. The van der Waals surface area contributed by atoms with Crippen molar-refractivity contribution in [2.45, 2.75) is 0 Å². The maximum atomic E-state index is 12.9. The number of halogens is 1. The molecule has 0 radical (unpaired) electrons. The van der Waals surface area contributed by atoms with Crippen LogP contribution in [0.15, 0.2) is 47.5 Å². The molecule has 0 spiro atoms. The average Bonchev–Trinajstić information content (AvgIpc) is 2.42. The first-order chi connectivity index (χ1) is 7.66. The summed E-state index contributed by atoms with van der Waals surface area (Å²) in [6.07, 6.45) is 2.55. The van der Waals surface area contributed by atoms with E-state index in [9.17, 15) is 14.3 Å². The van der Waals surface area contributed by atoms with Gasteiger partial charge in [-0.3, -0.25) is 9.78 Å². The van der Waals surface area contributed by atoms with Gasteiger partial charge in [-0.05, 0) is 23.8 Å². The summed E-state index contributed by atoms with van der Waals surface area (Å²) >= 11 is 0. The second kappa shape index (κ2) is 4.10. The summed E-state index contributed by atoms with van der Waals surface area (Å²) in [5.74, 6) is -0.838. The van der Waals surface area contributed by atoms with E-state index in [0.717, 1.165) is 6.20 Å². The second-order valence-electron chi connectivity index (χ2n) is 3.27. The molecule has 4 heteroatoms. The zero-order chi connectivity index (χ0) is 11.5. The summed E-state index contributed by atoms with van der Waals surface area (Å²) in [6, 6.07) is 6.93. The maximum absolute atomic E-state index is 12.9. The van der Waals surface area contributed by atoms with Gasteiger partial charge in [0.2, 0.25) is 5.43 Å². The Hall–Kier alpha value is -2.23. The minimum atomic E-state index is -0.476. The molecule has 0 aliphatic carbocycles. The van der Waals surface area contributed by atoms with Crippen molar-refractivity contribution in [1.82, 2.24) is 4.98 Å². The predicted octanol–water partition coefficient (Wildman–Crippen LogP) is 1.95. The average molecular weight is 217 g/mol. The van der Waals surface area contributed by atoms with E-state index in [4.69, 9.17) is 0 Å². The Morgan fingerprint density at radius 1 is 1.12 bits per heavy atom. The fraction of sp³-hybridized carbons (Fsp3) is 0. The first kappa shape index (κ1) is 10.3. The number of hydrogen-bond donors (Lipinski definition) is 1. The highest BCUT2D eigenvalue weighted by Crippen LogP contribution is 2.19. The standard InChI is InChI=1S/C12H8FNO2/c13-10-4-9(6-14-7-10)8-2-1-3-11(15)12(16)5-8/h1-7H,(H,15,16). The maximum Gasteiger partial charge on any atom is 0.220 e. The molecule has 16 heavy (non-hydrogen) atoms. The lowest BCUT2D eigenvalue weighted by atomic mass is 10.1. The van der Waals surface area contributed by atoms with Crippen LogP contribution in [0.3, 0.4) is 0 Å². The molecule has 0 amide bonds. The number of aromatic hydroxyl groups is 1. The molecular formula is C12H8FNO2. The quantitative estimate of drug-likeness (QED) is 0.794. The zero-order valence-electron chi connectivity index (χ0n) is 8.22. The normalized spacial score (nSPS) is 10.1. The SMILES string of the molecule is O=c1cccc(-c2cncc(F)c2)cc1O. The van der Waals surface area contributed by atoms with Gasteiger partial charge >= 0.3 is 0 Å². The van der Waals surface area contributed by atoms with Crippen molar-refractivity contribution < 1.29 is 9.50 Å². The second-order valence-corrected chi connectivity index (χ2v) is 3.27. The van der Waals surface area contributed by atoms with E-state index in [1.54, 1.807) is 6.07 Å². The van der Waals surface area contributed by atoms with Gasteiger partial charge in [0.25, 0.3) is 0 Å². The van der Waals surface area contributed by atoms with E-state index in [1.165, 1.54) is 30.5 Å². The highest BCUT2D eigenvalue weighted by Gasteiger charge is 2.01. The molecular weight excluding hydrogens is 209 g/mol. The fourth-order valence-corrected chi connectivity index (χ4v) is 1.34. The topological polar surface area (TPSA) is 50.2 Å². The molecule has 1 aromatic heterocycles. The van der Waals surface area contributed by atoms with E-state index < -0.39 is 11.2 Å². The number of pyridine rings is 1. The summed E-state index contributed by atoms with van der Waals surface area (Å²) < 4.78 is 12.9. The highest BCUT2D eigenvalue weighted by atomic mass is 19.1. The molecule has 1 aromatic carbocycles. The van der Waals surface area contributed by atoms with Crippen LogP contribution in [0.2, 0.25) is 0 Å². The molecule has 0 saturated heterocycles. The van der Waals surface area contributed by atoms with E-state index in [0.29, 0.717) is 11.1 Å². The van der Waals surface area contributed by atoms with Crippen LogP contribution in [0, 0.1) is 5.82 Å². The van der Waals surface area contributed by atoms with Crippen molar-refractivity contribution >= 4 is 0 Å². The Kier molecular flexibility index (Phi) is 2.64. The van der Waals surface area contributed by atoms with Crippen molar-refractivity contribution in [3.63, 3.8) is 0 Å². The predicted molar refractivity (Wildman–Crippen MR) is 57.6 cm³/mol. The van der Waals surface area contributed by atoms with Gasteiger partial charge in [0, 0.05) is 11.8 Å². The molecule has 80 valence electrons. The molecule has 2 rings (SSSR count). The molecule has 0 aliphatic rings. The van der Waals surface area contributed by atoms with Crippen LogP contribution in [0.25, 0.3) is 11.1 Å². The zero-order valence-corrected chi connectivity index (χ0v) is 8.22. The lowest BCUT2D eigenvalue weighted by Gasteiger charge is -1.97. The third kappa shape index (κ3) is 2.06. The van der Waals surface area contributed by atoms with Crippen LogP contribution in [0.1, 0.15) is 0 Å². The summed E-state index contributed by atoms with van der Waals surface area (Å²) in [5, 5.41) is 9.36. The van der Waals surface area contributed by atoms with E-state index >= 15 is 0 Å². The van der Waals surface area contributed by atoms with E-state index in [1.807, 2.05) is 0 Å². The van der Waals surface area contributed by atoms with Gasteiger partial charge in [0.15, 0.2) is 5.75 Å². The molecule has 0 aliphatic heterocycles. The first-order valence-electron chi connectivity index (χ1n) is 4.61. The van der Waals surface area contributed by atoms with Crippen LogP contribution >= 0.6 is 0 Å². The number of rotatable bonds is 1. The molecule has 2 aromatic rings.